The molecule has 0 heterocycles. The van der Waals surface area contributed by atoms with Gasteiger partial charge in [-0.1, -0.05) is 49.4 Å². The minimum Gasteiger partial charge on any atom is -0.398 e. The zero-order chi connectivity index (χ0) is 15.5. The van der Waals surface area contributed by atoms with E-state index >= 15 is 0 Å². The molecule has 0 aliphatic heterocycles. The van der Waals surface area contributed by atoms with Crippen molar-refractivity contribution in [1.29, 1.82) is 0 Å². The fourth-order valence-corrected chi connectivity index (χ4v) is 3.73. The summed E-state index contributed by atoms with van der Waals surface area (Å²) in [6.07, 6.45) is 0. The number of nitrogen functional groups attached to an aromatic ring is 1. The molecule has 1 atom stereocenters. The highest BCUT2D eigenvalue weighted by Gasteiger charge is 2.20. The highest BCUT2D eigenvalue weighted by Crippen LogP contribution is 2.22. The molecule has 4 nitrogen and oxygen atoms in total. The van der Waals surface area contributed by atoms with Gasteiger partial charge in [-0.15, -0.1) is 0 Å². The van der Waals surface area contributed by atoms with E-state index in [2.05, 4.69) is 4.72 Å². The molecule has 21 heavy (non-hydrogen) atoms. The maximum atomic E-state index is 12.4. The van der Waals surface area contributed by atoms with Crippen molar-refractivity contribution in [3.05, 3.63) is 59.7 Å². The van der Waals surface area contributed by atoms with Gasteiger partial charge in [-0.25, -0.2) is 13.1 Å². The van der Waals surface area contributed by atoms with Crippen LogP contribution in [0, 0.1) is 6.92 Å². The third-order valence-electron chi connectivity index (χ3n) is 3.46. The zero-order valence-corrected chi connectivity index (χ0v) is 13.0. The van der Waals surface area contributed by atoms with Gasteiger partial charge in [0.2, 0.25) is 10.0 Å². The first-order valence-corrected chi connectivity index (χ1v) is 8.30. The van der Waals surface area contributed by atoms with E-state index in [4.69, 9.17) is 5.73 Å². The molecule has 2 aromatic rings. The first-order valence-electron chi connectivity index (χ1n) is 6.81. The Balaban J connectivity index is 2.16. The second-order valence-electron chi connectivity index (χ2n) is 5.16. The van der Waals surface area contributed by atoms with Crippen LogP contribution >= 0.6 is 0 Å². The van der Waals surface area contributed by atoms with E-state index in [1.165, 1.54) is 0 Å². The van der Waals surface area contributed by atoms with Gasteiger partial charge >= 0.3 is 0 Å². The van der Waals surface area contributed by atoms with E-state index in [1.807, 2.05) is 37.3 Å². The Morgan fingerprint density at radius 1 is 1.10 bits per heavy atom. The molecular weight excluding hydrogens is 284 g/mol. The number of rotatable bonds is 5. The van der Waals surface area contributed by atoms with Crippen LogP contribution in [0.2, 0.25) is 0 Å². The summed E-state index contributed by atoms with van der Waals surface area (Å²) in [7, 11) is -3.60. The second kappa shape index (κ2) is 6.28. The number of anilines is 1. The van der Waals surface area contributed by atoms with Gasteiger partial charge < -0.3 is 5.73 Å². The van der Waals surface area contributed by atoms with Crippen LogP contribution < -0.4 is 10.5 Å². The molecular formula is C16H20N2O2S. The summed E-state index contributed by atoms with van der Waals surface area (Å²) in [6.45, 7) is 4.06. The zero-order valence-electron chi connectivity index (χ0n) is 12.2. The van der Waals surface area contributed by atoms with E-state index in [1.54, 1.807) is 25.1 Å². The van der Waals surface area contributed by atoms with Crippen LogP contribution in [0.25, 0.3) is 0 Å². The van der Waals surface area contributed by atoms with Crippen molar-refractivity contribution >= 4 is 15.7 Å². The van der Waals surface area contributed by atoms with Crippen LogP contribution in [0.3, 0.4) is 0 Å². The maximum absolute atomic E-state index is 12.4. The van der Waals surface area contributed by atoms with Crippen LogP contribution in [0.15, 0.2) is 53.4 Å². The van der Waals surface area contributed by atoms with Crippen molar-refractivity contribution in [2.75, 3.05) is 12.3 Å². The number of nitrogens with two attached hydrogens (primary N) is 1. The minimum absolute atomic E-state index is 0.0891. The average molecular weight is 304 g/mol. The maximum Gasteiger partial charge on any atom is 0.242 e. The summed E-state index contributed by atoms with van der Waals surface area (Å²) in [6, 6.07) is 14.9. The molecule has 0 aromatic heterocycles. The summed E-state index contributed by atoms with van der Waals surface area (Å²) in [4.78, 5) is 0.172. The SMILES string of the molecule is Cc1cccc(N)c1S(=O)(=O)NCC(C)c1ccccc1. The standard InChI is InChI=1S/C16H20N2O2S/c1-12-7-6-10-15(17)16(12)21(19,20)18-11-13(2)14-8-4-3-5-9-14/h3-10,13,18H,11,17H2,1-2H3. The predicted octanol–water partition coefficient (Wildman–Crippen LogP) is 2.66. The Hall–Kier alpha value is -1.85. The van der Waals surface area contributed by atoms with Crippen molar-refractivity contribution in [2.24, 2.45) is 0 Å². The molecule has 5 heteroatoms. The predicted molar refractivity (Wildman–Crippen MR) is 85.6 cm³/mol. The van der Waals surface area contributed by atoms with Gasteiger partial charge in [-0.05, 0) is 30.0 Å². The summed E-state index contributed by atoms with van der Waals surface area (Å²) in [5.74, 6) is 0.0891. The highest BCUT2D eigenvalue weighted by atomic mass is 32.2. The van der Waals surface area contributed by atoms with E-state index in [9.17, 15) is 8.42 Å². The van der Waals surface area contributed by atoms with Crippen molar-refractivity contribution < 1.29 is 8.42 Å². The Morgan fingerprint density at radius 2 is 1.76 bits per heavy atom. The van der Waals surface area contributed by atoms with Crippen molar-refractivity contribution in [3.63, 3.8) is 0 Å². The molecule has 0 aliphatic carbocycles. The van der Waals surface area contributed by atoms with Crippen molar-refractivity contribution in [3.8, 4) is 0 Å². The molecule has 1 unspecified atom stereocenters. The Morgan fingerprint density at radius 3 is 2.38 bits per heavy atom. The lowest BCUT2D eigenvalue weighted by atomic mass is 10.0. The third-order valence-corrected chi connectivity index (χ3v) is 5.10. The van der Waals surface area contributed by atoms with Crippen molar-refractivity contribution in [1.82, 2.24) is 4.72 Å². The smallest absolute Gasteiger partial charge is 0.242 e. The topological polar surface area (TPSA) is 72.2 Å². The lowest BCUT2D eigenvalue weighted by molar-refractivity contribution is 0.575. The van der Waals surface area contributed by atoms with Gasteiger partial charge in [-0.3, -0.25) is 0 Å². The van der Waals surface area contributed by atoms with Crippen LogP contribution in [0.5, 0.6) is 0 Å². The fourth-order valence-electron chi connectivity index (χ4n) is 2.25. The molecule has 0 saturated heterocycles. The van der Waals surface area contributed by atoms with Gasteiger partial charge in [0.15, 0.2) is 0 Å². The number of aryl methyl sites for hydroxylation is 1. The van der Waals surface area contributed by atoms with E-state index in [0.717, 1.165) is 5.56 Å². The van der Waals surface area contributed by atoms with Gasteiger partial charge in [0.25, 0.3) is 0 Å². The molecule has 0 aliphatic rings. The number of hydrogen-bond donors (Lipinski definition) is 2. The molecule has 0 bridgehead atoms. The van der Waals surface area contributed by atoms with E-state index in [-0.39, 0.29) is 16.5 Å². The van der Waals surface area contributed by atoms with Crippen LogP contribution in [0.1, 0.15) is 24.0 Å². The molecule has 2 aromatic carbocycles. The molecule has 2 rings (SSSR count). The molecule has 0 amide bonds. The van der Waals surface area contributed by atoms with Crippen LogP contribution in [-0.2, 0) is 10.0 Å². The number of hydrogen-bond acceptors (Lipinski definition) is 3. The van der Waals surface area contributed by atoms with Crippen LogP contribution in [0.4, 0.5) is 5.69 Å². The Kier molecular flexibility index (Phi) is 4.65. The summed E-state index contributed by atoms with van der Waals surface area (Å²) >= 11 is 0. The largest absolute Gasteiger partial charge is 0.398 e. The lowest BCUT2D eigenvalue weighted by Gasteiger charge is -2.15. The first kappa shape index (κ1) is 15.5. The summed E-state index contributed by atoms with van der Waals surface area (Å²) in [5, 5.41) is 0. The Labute approximate surface area is 126 Å². The second-order valence-corrected chi connectivity index (χ2v) is 6.86. The molecule has 0 saturated carbocycles. The quantitative estimate of drug-likeness (QED) is 0.834. The highest BCUT2D eigenvalue weighted by molar-refractivity contribution is 7.89. The number of benzene rings is 2. The van der Waals surface area contributed by atoms with Gasteiger partial charge in [0.1, 0.15) is 4.90 Å². The summed E-state index contributed by atoms with van der Waals surface area (Å²) < 4.78 is 27.5. The number of sulfonamides is 1. The summed E-state index contributed by atoms with van der Waals surface area (Å²) in [5.41, 5.74) is 7.82. The molecule has 112 valence electrons. The average Bonchev–Trinajstić information content (AvgIpc) is 2.45. The van der Waals surface area contributed by atoms with Gasteiger partial charge in [0, 0.05) is 6.54 Å². The molecule has 0 radical (unpaired) electrons. The minimum atomic E-state index is -3.60. The fraction of sp³-hybridized carbons (Fsp3) is 0.250. The number of nitrogens with one attached hydrogen (secondary N) is 1. The monoisotopic (exact) mass is 304 g/mol. The van der Waals surface area contributed by atoms with E-state index < -0.39 is 10.0 Å². The van der Waals surface area contributed by atoms with E-state index in [0.29, 0.717) is 12.1 Å². The van der Waals surface area contributed by atoms with Gasteiger partial charge in [0.05, 0.1) is 5.69 Å². The van der Waals surface area contributed by atoms with Crippen LogP contribution in [-0.4, -0.2) is 15.0 Å². The first-order chi connectivity index (χ1) is 9.92. The molecule has 3 N–H and O–H groups in total. The lowest BCUT2D eigenvalue weighted by Crippen LogP contribution is -2.29. The Bertz CT molecular complexity index is 692. The third kappa shape index (κ3) is 3.62. The molecule has 0 fully saturated rings. The van der Waals surface area contributed by atoms with Crippen molar-refractivity contribution in [2.45, 2.75) is 24.7 Å². The van der Waals surface area contributed by atoms with Gasteiger partial charge in [-0.2, -0.15) is 0 Å². The normalized spacial score (nSPS) is 13.0. The molecule has 0 spiro atoms.